The molecule has 19 heavy (non-hydrogen) atoms. The quantitative estimate of drug-likeness (QED) is 0.723. The number of hydrogen-bond donors (Lipinski definition) is 1. The van der Waals surface area contributed by atoms with E-state index in [1.54, 1.807) is 18.2 Å². The predicted molar refractivity (Wildman–Crippen MR) is 74.6 cm³/mol. The van der Waals surface area contributed by atoms with Crippen molar-refractivity contribution < 1.29 is 4.52 Å². The van der Waals surface area contributed by atoms with Crippen LogP contribution in [0.4, 0.5) is 5.69 Å². The maximum absolute atomic E-state index is 5.95. The van der Waals surface area contributed by atoms with Crippen LogP contribution in [0.1, 0.15) is 0 Å². The standard InChI is InChI=1S/C14H10ClN3O/c15-10-6-7-12(16)11(8-10)14-17-13(18-19-14)9-4-2-1-3-5-9/h1-8H,16H2. The summed E-state index contributed by atoms with van der Waals surface area (Å²) in [7, 11) is 0. The zero-order valence-electron chi connectivity index (χ0n) is 9.88. The van der Waals surface area contributed by atoms with Gasteiger partial charge < -0.3 is 10.3 Å². The van der Waals surface area contributed by atoms with Gasteiger partial charge in [0.1, 0.15) is 0 Å². The van der Waals surface area contributed by atoms with Crippen LogP contribution >= 0.6 is 11.6 Å². The maximum Gasteiger partial charge on any atom is 0.260 e. The third-order valence-corrected chi connectivity index (χ3v) is 2.94. The van der Waals surface area contributed by atoms with Gasteiger partial charge in [-0.1, -0.05) is 47.1 Å². The van der Waals surface area contributed by atoms with Crippen LogP contribution in [0, 0.1) is 0 Å². The van der Waals surface area contributed by atoms with Gasteiger partial charge in [-0.25, -0.2) is 0 Å². The van der Waals surface area contributed by atoms with Crippen molar-refractivity contribution in [3.05, 3.63) is 53.6 Å². The van der Waals surface area contributed by atoms with Gasteiger partial charge in [-0.2, -0.15) is 4.98 Å². The molecule has 1 heterocycles. The van der Waals surface area contributed by atoms with E-state index < -0.39 is 0 Å². The molecule has 5 heteroatoms. The second kappa shape index (κ2) is 4.74. The number of anilines is 1. The third kappa shape index (κ3) is 2.30. The lowest BCUT2D eigenvalue weighted by molar-refractivity contribution is 0.432. The summed E-state index contributed by atoms with van der Waals surface area (Å²) < 4.78 is 5.24. The topological polar surface area (TPSA) is 64.9 Å². The number of aromatic nitrogens is 2. The molecule has 0 saturated carbocycles. The van der Waals surface area contributed by atoms with Crippen molar-refractivity contribution in [2.75, 3.05) is 5.73 Å². The SMILES string of the molecule is Nc1ccc(Cl)cc1-c1nc(-c2ccccc2)no1. The normalized spacial score (nSPS) is 10.6. The lowest BCUT2D eigenvalue weighted by Gasteiger charge is -2.00. The number of nitrogens with zero attached hydrogens (tertiary/aromatic N) is 2. The van der Waals surface area contributed by atoms with E-state index in [0.717, 1.165) is 5.56 Å². The van der Waals surface area contributed by atoms with E-state index >= 15 is 0 Å². The van der Waals surface area contributed by atoms with Crippen LogP contribution in [-0.4, -0.2) is 10.1 Å². The first-order valence-electron chi connectivity index (χ1n) is 5.68. The molecule has 3 rings (SSSR count). The summed E-state index contributed by atoms with van der Waals surface area (Å²) in [6, 6.07) is 14.7. The Bertz CT molecular complexity index is 710. The van der Waals surface area contributed by atoms with Gasteiger partial charge in [0.2, 0.25) is 5.82 Å². The first-order valence-corrected chi connectivity index (χ1v) is 6.06. The lowest BCUT2D eigenvalue weighted by Crippen LogP contribution is -1.90. The monoisotopic (exact) mass is 271 g/mol. The van der Waals surface area contributed by atoms with Crippen LogP contribution in [0.15, 0.2) is 53.1 Å². The fraction of sp³-hybridized carbons (Fsp3) is 0. The van der Waals surface area contributed by atoms with E-state index in [-0.39, 0.29) is 0 Å². The van der Waals surface area contributed by atoms with Crippen molar-refractivity contribution in [3.8, 4) is 22.8 Å². The zero-order valence-corrected chi connectivity index (χ0v) is 10.6. The molecular weight excluding hydrogens is 262 g/mol. The molecule has 0 bridgehead atoms. The van der Waals surface area contributed by atoms with Gasteiger partial charge in [0.05, 0.1) is 5.56 Å². The van der Waals surface area contributed by atoms with Gasteiger partial charge in [-0.05, 0) is 18.2 Å². The molecule has 0 amide bonds. The van der Waals surface area contributed by atoms with Crippen LogP contribution in [0.25, 0.3) is 22.8 Å². The molecule has 4 nitrogen and oxygen atoms in total. The number of nitrogen functional groups attached to an aromatic ring is 1. The summed E-state index contributed by atoms with van der Waals surface area (Å²) in [6.07, 6.45) is 0. The maximum atomic E-state index is 5.95. The molecule has 0 spiro atoms. The predicted octanol–water partition coefficient (Wildman–Crippen LogP) is 3.64. The highest BCUT2D eigenvalue weighted by molar-refractivity contribution is 6.31. The molecule has 0 aliphatic rings. The molecule has 0 aliphatic heterocycles. The summed E-state index contributed by atoms with van der Waals surface area (Å²) in [5.41, 5.74) is 7.96. The Hall–Kier alpha value is -2.33. The van der Waals surface area contributed by atoms with E-state index in [9.17, 15) is 0 Å². The van der Waals surface area contributed by atoms with Crippen LogP contribution < -0.4 is 5.73 Å². The van der Waals surface area contributed by atoms with Gasteiger partial charge in [0.15, 0.2) is 0 Å². The first kappa shape index (κ1) is 11.7. The fourth-order valence-corrected chi connectivity index (χ4v) is 1.92. The Balaban J connectivity index is 2.04. The average molecular weight is 272 g/mol. The van der Waals surface area contributed by atoms with Crippen LogP contribution in [0.3, 0.4) is 0 Å². The van der Waals surface area contributed by atoms with E-state index in [4.69, 9.17) is 21.9 Å². The Kier molecular flexibility index (Phi) is 2.93. The minimum Gasteiger partial charge on any atom is -0.398 e. The van der Waals surface area contributed by atoms with E-state index in [1.165, 1.54) is 0 Å². The average Bonchev–Trinajstić information content (AvgIpc) is 2.92. The second-order valence-electron chi connectivity index (χ2n) is 4.02. The molecule has 0 aliphatic carbocycles. The molecule has 94 valence electrons. The Morgan fingerprint density at radius 2 is 1.84 bits per heavy atom. The summed E-state index contributed by atoms with van der Waals surface area (Å²) in [6.45, 7) is 0. The number of nitrogens with two attached hydrogens (primary N) is 1. The number of benzene rings is 2. The molecule has 3 aromatic rings. The van der Waals surface area contributed by atoms with Crippen molar-refractivity contribution in [1.82, 2.24) is 10.1 Å². The van der Waals surface area contributed by atoms with Crippen LogP contribution in [0.5, 0.6) is 0 Å². The van der Waals surface area contributed by atoms with E-state index in [1.807, 2.05) is 30.3 Å². The minimum atomic E-state index is 0.360. The third-order valence-electron chi connectivity index (χ3n) is 2.70. The molecular formula is C14H10ClN3O. The number of halogens is 1. The van der Waals surface area contributed by atoms with Gasteiger partial charge in [0, 0.05) is 16.3 Å². The smallest absolute Gasteiger partial charge is 0.260 e. The fourth-order valence-electron chi connectivity index (χ4n) is 1.75. The summed E-state index contributed by atoms with van der Waals surface area (Å²) in [5.74, 6) is 0.883. The molecule has 2 N–H and O–H groups in total. The van der Waals surface area contributed by atoms with Crippen molar-refractivity contribution in [3.63, 3.8) is 0 Å². The van der Waals surface area contributed by atoms with Crippen molar-refractivity contribution >= 4 is 17.3 Å². The van der Waals surface area contributed by atoms with E-state index in [0.29, 0.717) is 28.0 Å². The Morgan fingerprint density at radius 1 is 1.05 bits per heavy atom. The number of hydrogen-bond acceptors (Lipinski definition) is 4. The van der Waals surface area contributed by atoms with Crippen LogP contribution in [-0.2, 0) is 0 Å². The highest BCUT2D eigenvalue weighted by Gasteiger charge is 2.13. The lowest BCUT2D eigenvalue weighted by atomic mass is 10.2. The molecule has 0 radical (unpaired) electrons. The highest BCUT2D eigenvalue weighted by atomic mass is 35.5. The molecule has 0 atom stereocenters. The van der Waals surface area contributed by atoms with Crippen molar-refractivity contribution in [1.29, 1.82) is 0 Å². The van der Waals surface area contributed by atoms with Crippen molar-refractivity contribution in [2.45, 2.75) is 0 Å². The summed E-state index contributed by atoms with van der Waals surface area (Å²) in [5, 5.41) is 4.52. The summed E-state index contributed by atoms with van der Waals surface area (Å²) >= 11 is 5.95. The Labute approximate surface area is 114 Å². The van der Waals surface area contributed by atoms with Gasteiger partial charge in [-0.3, -0.25) is 0 Å². The molecule has 0 unspecified atom stereocenters. The highest BCUT2D eigenvalue weighted by Crippen LogP contribution is 2.29. The molecule has 0 fully saturated rings. The molecule has 2 aromatic carbocycles. The molecule has 1 aromatic heterocycles. The van der Waals surface area contributed by atoms with E-state index in [2.05, 4.69) is 10.1 Å². The minimum absolute atomic E-state index is 0.360. The Morgan fingerprint density at radius 3 is 2.63 bits per heavy atom. The van der Waals surface area contributed by atoms with Gasteiger partial charge >= 0.3 is 0 Å². The zero-order chi connectivity index (χ0) is 13.2. The van der Waals surface area contributed by atoms with Gasteiger partial charge in [-0.15, -0.1) is 0 Å². The largest absolute Gasteiger partial charge is 0.398 e. The van der Waals surface area contributed by atoms with Crippen LogP contribution in [0.2, 0.25) is 5.02 Å². The molecule has 0 saturated heterocycles. The van der Waals surface area contributed by atoms with Gasteiger partial charge in [0.25, 0.3) is 5.89 Å². The van der Waals surface area contributed by atoms with Crippen molar-refractivity contribution in [2.24, 2.45) is 0 Å². The summed E-state index contributed by atoms with van der Waals surface area (Å²) in [4.78, 5) is 4.34. The first-order chi connectivity index (χ1) is 9.24. The second-order valence-corrected chi connectivity index (χ2v) is 4.46. The number of rotatable bonds is 2.